The number of amides is 1. The van der Waals surface area contributed by atoms with Gasteiger partial charge in [0.25, 0.3) is 5.91 Å². The average molecular weight is 276 g/mol. The predicted molar refractivity (Wildman–Crippen MR) is 80.9 cm³/mol. The molecular weight excluding hydrogens is 252 g/mol. The van der Waals surface area contributed by atoms with Crippen LogP contribution in [0, 0.1) is 5.92 Å². The molecular formula is C16H24N2O2. The van der Waals surface area contributed by atoms with Crippen LogP contribution in [-0.4, -0.2) is 31.0 Å². The molecule has 110 valence electrons. The van der Waals surface area contributed by atoms with Crippen LogP contribution in [0.25, 0.3) is 0 Å². The molecule has 0 spiro atoms. The number of hydrogen-bond acceptors (Lipinski definition) is 3. The maximum atomic E-state index is 12.5. The van der Waals surface area contributed by atoms with Crippen LogP contribution in [0.2, 0.25) is 0 Å². The fourth-order valence-corrected chi connectivity index (χ4v) is 2.86. The Morgan fingerprint density at radius 2 is 2.10 bits per heavy atom. The van der Waals surface area contributed by atoms with E-state index in [-0.39, 0.29) is 5.91 Å². The Kier molecular flexibility index (Phi) is 4.88. The molecule has 0 radical (unpaired) electrons. The molecule has 20 heavy (non-hydrogen) atoms. The van der Waals surface area contributed by atoms with E-state index >= 15 is 0 Å². The molecule has 1 aromatic carbocycles. The quantitative estimate of drug-likeness (QED) is 0.860. The smallest absolute Gasteiger partial charge is 0.253 e. The van der Waals surface area contributed by atoms with Gasteiger partial charge in [-0.3, -0.25) is 4.79 Å². The lowest BCUT2D eigenvalue weighted by atomic mass is 9.92. The summed E-state index contributed by atoms with van der Waals surface area (Å²) in [5, 5.41) is 0. The second-order valence-electron chi connectivity index (χ2n) is 5.48. The minimum atomic E-state index is 0.0817. The van der Waals surface area contributed by atoms with Gasteiger partial charge in [-0.25, -0.2) is 0 Å². The maximum Gasteiger partial charge on any atom is 0.253 e. The van der Waals surface area contributed by atoms with Gasteiger partial charge in [0, 0.05) is 18.7 Å². The summed E-state index contributed by atoms with van der Waals surface area (Å²) in [5.41, 5.74) is 7.00. The molecule has 0 bridgehead atoms. The third-order valence-corrected chi connectivity index (χ3v) is 4.08. The number of carbonyl (C=O) groups is 1. The molecule has 0 atom stereocenters. The summed E-state index contributed by atoms with van der Waals surface area (Å²) in [5.74, 6) is 1.43. The van der Waals surface area contributed by atoms with Crippen LogP contribution in [0.4, 0.5) is 5.69 Å². The molecule has 1 fully saturated rings. The van der Waals surface area contributed by atoms with E-state index in [0.717, 1.165) is 31.8 Å². The SMILES string of the molecule is CCCC1CCN(C(=O)c2ccc(N)c(OC)c2)CC1. The summed E-state index contributed by atoms with van der Waals surface area (Å²) in [4.78, 5) is 14.4. The second-order valence-corrected chi connectivity index (χ2v) is 5.48. The summed E-state index contributed by atoms with van der Waals surface area (Å²) in [7, 11) is 1.57. The van der Waals surface area contributed by atoms with Crippen LogP contribution in [0.5, 0.6) is 5.75 Å². The first-order valence-electron chi connectivity index (χ1n) is 7.38. The van der Waals surface area contributed by atoms with Crippen LogP contribution in [0.3, 0.4) is 0 Å². The van der Waals surface area contributed by atoms with Gasteiger partial charge in [-0.2, -0.15) is 0 Å². The van der Waals surface area contributed by atoms with Crippen LogP contribution in [0.15, 0.2) is 18.2 Å². The van der Waals surface area contributed by atoms with E-state index in [9.17, 15) is 4.79 Å². The number of ether oxygens (including phenoxy) is 1. The number of nitrogen functional groups attached to an aromatic ring is 1. The Morgan fingerprint density at radius 1 is 1.40 bits per heavy atom. The Hall–Kier alpha value is -1.71. The normalized spacial score (nSPS) is 16.2. The summed E-state index contributed by atoms with van der Waals surface area (Å²) in [6.45, 7) is 3.94. The fourth-order valence-electron chi connectivity index (χ4n) is 2.86. The zero-order valence-corrected chi connectivity index (χ0v) is 12.4. The van der Waals surface area contributed by atoms with E-state index in [4.69, 9.17) is 10.5 Å². The molecule has 2 rings (SSSR count). The largest absolute Gasteiger partial charge is 0.495 e. The molecule has 0 aliphatic carbocycles. The van der Waals surface area contributed by atoms with Gasteiger partial charge in [0.05, 0.1) is 12.8 Å². The molecule has 4 nitrogen and oxygen atoms in total. The molecule has 1 aromatic rings. The summed E-state index contributed by atoms with van der Waals surface area (Å²) in [6.07, 6.45) is 4.74. The predicted octanol–water partition coefficient (Wildman–Crippen LogP) is 2.93. The average Bonchev–Trinajstić information content (AvgIpc) is 2.48. The lowest BCUT2D eigenvalue weighted by Gasteiger charge is -2.32. The van der Waals surface area contributed by atoms with Crippen molar-refractivity contribution in [2.45, 2.75) is 32.6 Å². The lowest BCUT2D eigenvalue weighted by molar-refractivity contribution is 0.0686. The van der Waals surface area contributed by atoms with Crippen molar-refractivity contribution in [2.24, 2.45) is 5.92 Å². The number of hydrogen-bond donors (Lipinski definition) is 1. The highest BCUT2D eigenvalue weighted by molar-refractivity contribution is 5.95. The van der Waals surface area contributed by atoms with Crippen molar-refractivity contribution >= 4 is 11.6 Å². The van der Waals surface area contributed by atoms with Gasteiger partial charge in [0.1, 0.15) is 5.75 Å². The highest BCUT2D eigenvalue weighted by atomic mass is 16.5. The zero-order chi connectivity index (χ0) is 14.5. The van der Waals surface area contributed by atoms with Crippen molar-refractivity contribution in [1.82, 2.24) is 4.90 Å². The van der Waals surface area contributed by atoms with Gasteiger partial charge < -0.3 is 15.4 Å². The Morgan fingerprint density at radius 3 is 2.70 bits per heavy atom. The maximum absolute atomic E-state index is 12.5. The molecule has 1 aliphatic rings. The molecule has 1 aliphatic heterocycles. The monoisotopic (exact) mass is 276 g/mol. The topological polar surface area (TPSA) is 55.6 Å². The summed E-state index contributed by atoms with van der Waals surface area (Å²) < 4.78 is 5.18. The molecule has 1 amide bonds. The van der Waals surface area contributed by atoms with Crippen molar-refractivity contribution in [3.63, 3.8) is 0 Å². The van der Waals surface area contributed by atoms with Crippen LogP contribution in [-0.2, 0) is 0 Å². The van der Waals surface area contributed by atoms with E-state index in [1.165, 1.54) is 12.8 Å². The summed E-state index contributed by atoms with van der Waals surface area (Å²) in [6, 6.07) is 5.24. The van der Waals surface area contributed by atoms with E-state index in [0.29, 0.717) is 17.0 Å². The first-order chi connectivity index (χ1) is 9.65. The number of carbonyl (C=O) groups excluding carboxylic acids is 1. The first-order valence-corrected chi connectivity index (χ1v) is 7.38. The van der Waals surface area contributed by atoms with Crippen molar-refractivity contribution in [1.29, 1.82) is 0 Å². The molecule has 0 saturated carbocycles. The number of likely N-dealkylation sites (tertiary alicyclic amines) is 1. The Bertz CT molecular complexity index is 466. The fraction of sp³-hybridized carbons (Fsp3) is 0.562. The minimum Gasteiger partial charge on any atom is -0.495 e. The Labute approximate surface area is 120 Å². The number of nitrogens with two attached hydrogens (primary N) is 1. The minimum absolute atomic E-state index is 0.0817. The third-order valence-electron chi connectivity index (χ3n) is 4.08. The Balaban J connectivity index is 2.02. The number of nitrogens with zero attached hydrogens (tertiary/aromatic N) is 1. The highest BCUT2D eigenvalue weighted by Crippen LogP contribution is 2.26. The van der Waals surface area contributed by atoms with Crippen molar-refractivity contribution < 1.29 is 9.53 Å². The highest BCUT2D eigenvalue weighted by Gasteiger charge is 2.23. The van der Waals surface area contributed by atoms with Gasteiger partial charge >= 0.3 is 0 Å². The molecule has 0 unspecified atom stereocenters. The molecule has 4 heteroatoms. The van der Waals surface area contributed by atoms with Gasteiger partial charge in [0.15, 0.2) is 0 Å². The van der Waals surface area contributed by atoms with Crippen LogP contribution in [0.1, 0.15) is 43.0 Å². The number of piperidine rings is 1. The second kappa shape index (κ2) is 6.64. The molecule has 2 N–H and O–H groups in total. The van der Waals surface area contributed by atoms with Crippen molar-refractivity contribution in [3.05, 3.63) is 23.8 Å². The number of benzene rings is 1. The van der Waals surface area contributed by atoms with E-state index in [1.54, 1.807) is 25.3 Å². The van der Waals surface area contributed by atoms with Crippen molar-refractivity contribution in [2.75, 3.05) is 25.9 Å². The standard InChI is InChI=1S/C16H24N2O2/c1-3-4-12-7-9-18(10-8-12)16(19)13-5-6-14(17)15(11-13)20-2/h5-6,11-12H,3-4,7-10,17H2,1-2H3. The van der Waals surface area contributed by atoms with Gasteiger partial charge in [-0.15, -0.1) is 0 Å². The van der Waals surface area contributed by atoms with E-state index < -0.39 is 0 Å². The summed E-state index contributed by atoms with van der Waals surface area (Å²) >= 11 is 0. The van der Waals surface area contributed by atoms with Crippen LogP contribution >= 0.6 is 0 Å². The van der Waals surface area contributed by atoms with E-state index in [1.807, 2.05) is 4.90 Å². The zero-order valence-electron chi connectivity index (χ0n) is 12.4. The van der Waals surface area contributed by atoms with Gasteiger partial charge in [-0.05, 0) is 37.0 Å². The lowest BCUT2D eigenvalue weighted by Crippen LogP contribution is -2.38. The molecule has 1 heterocycles. The number of rotatable bonds is 4. The number of methoxy groups -OCH3 is 1. The molecule has 1 saturated heterocycles. The van der Waals surface area contributed by atoms with Gasteiger partial charge in [-0.1, -0.05) is 19.8 Å². The number of anilines is 1. The first kappa shape index (κ1) is 14.7. The molecule has 0 aromatic heterocycles. The van der Waals surface area contributed by atoms with Crippen LogP contribution < -0.4 is 10.5 Å². The van der Waals surface area contributed by atoms with E-state index in [2.05, 4.69) is 6.92 Å². The van der Waals surface area contributed by atoms with Crippen molar-refractivity contribution in [3.8, 4) is 5.75 Å². The van der Waals surface area contributed by atoms with Gasteiger partial charge in [0.2, 0.25) is 0 Å². The third kappa shape index (κ3) is 3.24.